The van der Waals surface area contributed by atoms with Crippen molar-refractivity contribution >= 4 is 0 Å². The van der Waals surface area contributed by atoms with Gasteiger partial charge in [0.05, 0.1) is 6.10 Å². The lowest BCUT2D eigenvalue weighted by molar-refractivity contribution is -0.104. The molecule has 2 nitrogen and oxygen atoms in total. The molecule has 2 rings (SSSR count). The summed E-state index contributed by atoms with van der Waals surface area (Å²) in [5.41, 5.74) is 0.683. The highest BCUT2D eigenvalue weighted by molar-refractivity contribution is 4.97. The molecule has 1 saturated heterocycles. The molecule has 2 aliphatic rings. The van der Waals surface area contributed by atoms with Crippen LogP contribution in [0.25, 0.3) is 0 Å². The van der Waals surface area contributed by atoms with E-state index in [-0.39, 0.29) is 0 Å². The molecule has 2 fully saturated rings. The van der Waals surface area contributed by atoms with Crippen LogP contribution in [0.3, 0.4) is 0 Å². The molecule has 19 heavy (non-hydrogen) atoms. The average molecular weight is 269 g/mol. The number of nitrogens with zero attached hydrogens (tertiary/aromatic N) is 1. The minimum absolute atomic E-state index is 0.595. The molecular formula is C17H35NO. The molecule has 1 heterocycles. The van der Waals surface area contributed by atoms with E-state index in [4.69, 9.17) is 4.74 Å². The van der Waals surface area contributed by atoms with Gasteiger partial charge in [-0.2, -0.15) is 0 Å². The molecule has 1 spiro atoms. The summed E-state index contributed by atoms with van der Waals surface area (Å²) in [5.74, 6) is 0. The predicted octanol–water partition coefficient (Wildman–Crippen LogP) is 4.48. The molecule has 0 aromatic heterocycles. The van der Waals surface area contributed by atoms with Gasteiger partial charge in [-0.1, -0.05) is 34.1 Å². The van der Waals surface area contributed by atoms with Gasteiger partial charge in [-0.25, -0.2) is 0 Å². The van der Waals surface area contributed by atoms with Gasteiger partial charge in [-0.05, 0) is 63.6 Å². The zero-order valence-corrected chi connectivity index (χ0v) is 13.7. The van der Waals surface area contributed by atoms with Gasteiger partial charge >= 0.3 is 0 Å². The average Bonchev–Trinajstić information content (AvgIpc) is 2.37. The second-order valence-corrected chi connectivity index (χ2v) is 6.45. The van der Waals surface area contributed by atoms with Crippen molar-refractivity contribution in [1.82, 2.24) is 4.90 Å². The highest BCUT2D eigenvalue weighted by Gasteiger charge is 2.45. The number of hydrogen-bond donors (Lipinski definition) is 0. The van der Waals surface area contributed by atoms with Crippen molar-refractivity contribution in [3.8, 4) is 0 Å². The maximum absolute atomic E-state index is 5.82. The minimum Gasteiger partial charge on any atom is -0.378 e. The van der Waals surface area contributed by atoms with Crippen LogP contribution >= 0.6 is 0 Å². The van der Waals surface area contributed by atoms with E-state index in [1.807, 2.05) is 0 Å². The Morgan fingerprint density at radius 3 is 2.05 bits per heavy atom. The van der Waals surface area contributed by atoms with Crippen molar-refractivity contribution in [3.63, 3.8) is 0 Å². The van der Waals surface area contributed by atoms with Crippen molar-refractivity contribution in [2.45, 2.75) is 78.7 Å². The Labute approximate surface area is 120 Å². The monoisotopic (exact) mass is 269 g/mol. The van der Waals surface area contributed by atoms with Crippen LogP contribution in [0.5, 0.6) is 0 Å². The lowest BCUT2D eigenvalue weighted by Gasteiger charge is -2.52. The normalized spacial score (nSPS) is 22.7. The third kappa shape index (κ3) is 5.43. The molecule has 0 atom stereocenters. The standard InChI is InChI=1S/C14H27NO.C3H8/c1-3-7-15-8-5-14(6-9-15)11-13(12-14)16-10-4-2;1-3-2/h13H,3-12H2,1-2H3;3H2,1-2H3. The number of piperidine rings is 1. The molecule has 114 valence electrons. The lowest BCUT2D eigenvalue weighted by Crippen LogP contribution is -2.50. The summed E-state index contributed by atoms with van der Waals surface area (Å²) < 4.78 is 5.82. The highest BCUT2D eigenvalue weighted by Crippen LogP contribution is 2.50. The summed E-state index contributed by atoms with van der Waals surface area (Å²) in [5, 5.41) is 0. The van der Waals surface area contributed by atoms with Gasteiger partial charge in [-0.3, -0.25) is 0 Å². The molecule has 2 heteroatoms. The molecule has 1 aliphatic carbocycles. The maximum atomic E-state index is 5.82. The molecular weight excluding hydrogens is 234 g/mol. The quantitative estimate of drug-likeness (QED) is 0.729. The van der Waals surface area contributed by atoms with Gasteiger partial charge in [0, 0.05) is 6.61 Å². The highest BCUT2D eigenvalue weighted by atomic mass is 16.5. The minimum atomic E-state index is 0.595. The second kappa shape index (κ2) is 8.97. The summed E-state index contributed by atoms with van der Waals surface area (Å²) in [6.45, 7) is 13.6. The first-order chi connectivity index (χ1) is 9.19. The Kier molecular flexibility index (Phi) is 8.01. The third-order valence-corrected chi connectivity index (χ3v) is 4.34. The molecule has 0 amide bonds. The van der Waals surface area contributed by atoms with E-state index in [2.05, 4.69) is 32.6 Å². The molecule has 0 aromatic rings. The Bertz CT molecular complexity index is 206. The topological polar surface area (TPSA) is 12.5 Å². The van der Waals surface area contributed by atoms with Gasteiger partial charge in [0.25, 0.3) is 0 Å². The summed E-state index contributed by atoms with van der Waals surface area (Å²) in [6.07, 6.45) is 9.82. The number of ether oxygens (including phenoxy) is 1. The Hall–Kier alpha value is -0.0800. The van der Waals surface area contributed by atoms with Crippen molar-refractivity contribution in [3.05, 3.63) is 0 Å². The fourth-order valence-corrected chi connectivity index (χ4v) is 3.28. The molecule has 0 radical (unpaired) electrons. The number of rotatable bonds is 5. The molecule has 0 N–H and O–H groups in total. The van der Waals surface area contributed by atoms with E-state index in [9.17, 15) is 0 Å². The maximum Gasteiger partial charge on any atom is 0.0585 e. The predicted molar refractivity (Wildman–Crippen MR) is 83.6 cm³/mol. The van der Waals surface area contributed by atoms with Crippen LogP contribution in [0, 0.1) is 5.41 Å². The smallest absolute Gasteiger partial charge is 0.0585 e. The zero-order chi connectivity index (χ0) is 14.1. The SMILES string of the molecule is CCC.CCCOC1CC2(CCN(CCC)CC2)C1. The van der Waals surface area contributed by atoms with E-state index in [1.54, 1.807) is 0 Å². The fourth-order valence-electron chi connectivity index (χ4n) is 3.28. The second-order valence-electron chi connectivity index (χ2n) is 6.45. The lowest BCUT2D eigenvalue weighted by atomic mass is 9.61. The van der Waals surface area contributed by atoms with Gasteiger partial charge in [0.1, 0.15) is 0 Å². The zero-order valence-electron chi connectivity index (χ0n) is 13.7. The van der Waals surface area contributed by atoms with E-state index in [0.717, 1.165) is 13.0 Å². The molecule has 1 saturated carbocycles. The third-order valence-electron chi connectivity index (χ3n) is 4.34. The van der Waals surface area contributed by atoms with Crippen LogP contribution in [0.2, 0.25) is 0 Å². The van der Waals surface area contributed by atoms with E-state index >= 15 is 0 Å². The largest absolute Gasteiger partial charge is 0.378 e. The van der Waals surface area contributed by atoms with E-state index < -0.39 is 0 Å². The number of likely N-dealkylation sites (tertiary alicyclic amines) is 1. The summed E-state index contributed by atoms with van der Waals surface area (Å²) >= 11 is 0. The number of hydrogen-bond acceptors (Lipinski definition) is 2. The molecule has 0 unspecified atom stereocenters. The van der Waals surface area contributed by atoms with Crippen LogP contribution in [0.15, 0.2) is 0 Å². The van der Waals surface area contributed by atoms with Gasteiger partial charge in [0.15, 0.2) is 0 Å². The van der Waals surface area contributed by atoms with Crippen molar-refractivity contribution < 1.29 is 4.74 Å². The first-order valence-electron chi connectivity index (χ1n) is 8.53. The summed E-state index contributed by atoms with van der Waals surface area (Å²) in [7, 11) is 0. The molecule has 1 aliphatic heterocycles. The van der Waals surface area contributed by atoms with Crippen molar-refractivity contribution in [2.24, 2.45) is 5.41 Å². The van der Waals surface area contributed by atoms with Crippen molar-refractivity contribution in [1.29, 1.82) is 0 Å². The first-order valence-corrected chi connectivity index (χ1v) is 8.53. The van der Waals surface area contributed by atoms with Crippen LogP contribution in [0.1, 0.15) is 72.6 Å². The summed E-state index contributed by atoms with van der Waals surface area (Å²) in [6, 6.07) is 0. The summed E-state index contributed by atoms with van der Waals surface area (Å²) in [4.78, 5) is 2.63. The van der Waals surface area contributed by atoms with Crippen LogP contribution in [-0.2, 0) is 4.74 Å². The van der Waals surface area contributed by atoms with Crippen LogP contribution < -0.4 is 0 Å². The van der Waals surface area contributed by atoms with Crippen LogP contribution in [-0.4, -0.2) is 37.2 Å². The van der Waals surface area contributed by atoms with Gasteiger partial charge in [-0.15, -0.1) is 0 Å². The van der Waals surface area contributed by atoms with Crippen molar-refractivity contribution in [2.75, 3.05) is 26.2 Å². The van der Waals surface area contributed by atoms with Gasteiger partial charge < -0.3 is 9.64 Å². The first kappa shape index (κ1) is 17.0. The van der Waals surface area contributed by atoms with Gasteiger partial charge in [0.2, 0.25) is 0 Å². The van der Waals surface area contributed by atoms with E-state index in [1.165, 1.54) is 58.2 Å². The van der Waals surface area contributed by atoms with E-state index in [0.29, 0.717) is 11.5 Å². The molecule has 0 bridgehead atoms. The Balaban J connectivity index is 0.000000550. The fraction of sp³-hybridized carbons (Fsp3) is 1.00. The Morgan fingerprint density at radius 2 is 1.58 bits per heavy atom. The van der Waals surface area contributed by atoms with Crippen LogP contribution in [0.4, 0.5) is 0 Å². The Morgan fingerprint density at radius 1 is 1.00 bits per heavy atom. The molecule has 0 aromatic carbocycles.